The third kappa shape index (κ3) is 5.27. The minimum Gasteiger partial charge on any atom is -0.314 e. The van der Waals surface area contributed by atoms with Gasteiger partial charge in [0.2, 0.25) is 0 Å². The summed E-state index contributed by atoms with van der Waals surface area (Å²) < 4.78 is 21.8. The summed E-state index contributed by atoms with van der Waals surface area (Å²) in [5.41, 5.74) is 0. The number of hydrogen-bond donors (Lipinski definition) is 1. The van der Waals surface area contributed by atoms with Crippen LogP contribution in [0.2, 0.25) is 0 Å². The predicted octanol–water partition coefficient (Wildman–Crippen LogP) is 0.351. The maximum atomic E-state index is 10.9. The van der Waals surface area contributed by atoms with Crippen LogP contribution < -0.4 is 5.32 Å². The minimum absolute atomic E-state index is 0.235. The second kappa shape index (κ2) is 5.98. The van der Waals surface area contributed by atoms with Crippen LogP contribution in [0.25, 0.3) is 0 Å². The van der Waals surface area contributed by atoms with E-state index in [1.54, 1.807) is 0 Å². The average molecular weight is 248 g/mol. The van der Waals surface area contributed by atoms with Gasteiger partial charge in [0.1, 0.15) is 9.84 Å². The minimum atomic E-state index is -2.82. The normalized spacial score (nSPS) is 27.4. The number of sulfone groups is 1. The molecule has 4 nitrogen and oxygen atoms in total. The van der Waals surface area contributed by atoms with Gasteiger partial charge in [0.15, 0.2) is 0 Å². The standard InChI is InChI=1S/C11H24N2O2S/c1-10-8-11(2)13(9-10)6-4-12-5-7-16(3,14)15/h10-12H,4-9H2,1-3H3. The highest BCUT2D eigenvalue weighted by Crippen LogP contribution is 2.21. The van der Waals surface area contributed by atoms with Crippen molar-refractivity contribution in [3.63, 3.8) is 0 Å². The monoisotopic (exact) mass is 248 g/mol. The van der Waals surface area contributed by atoms with Crippen molar-refractivity contribution in [1.82, 2.24) is 10.2 Å². The van der Waals surface area contributed by atoms with E-state index in [4.69, 9.17) is 0 Å². The summed E-state index contributed by atoms with van der Waals surface area (Å²) in [6.07, 6.45) is 2.56. The van der Waals surface area contributed by atoms with Gasteiger partial charge in [0.25, 0.3) is 0 Å². The van der Waals surface area contributed by atoms with Gasteiger partial charge >= 0.3 is 0 Å². The van der Waals surface area contributed by atoms with Gasteiger partial charge in [-0.1, -0.05) is 6.92 Å². The molecule has 1 rings (SSSR count). The van der Waals surface area contributed by atoms with Gasteiger partial charge in [-0.25, -0.2) is 8.42 Å². The van der Waals surface area contributed by atoms with E-state index in [1.807, 2.05) is 0 Å². The van der Waals surface area contributed by atoms with Crippen LogP contribution in [0, 0.1) is 5.92 Å². The van der Waals surface area contributed by atoms with Gasteiger partial charge in [0.05, 0.1) is 5.75 Å². The number of nitrogens with one attached hydrogen (secondary N) is 1. The number of likely N-dealkylation sites (tertiary alicyclic amines) is 1. The van der Waals surface area contributed by atoms with E-state index in [1.165, 1.54) is 19.2 Å². The summed E-state index contributed by atoms with van der Waals surface area (Å²) in [5.74, 6) is 1.03. The zero-order valence-corrected chi connectivity index (χ0v) is 11.4. The van der Waals surface area contributed by atoms with Gasteiger partial charge < -0.3 is 5.32 Å². The summed E-state index contributed by atoms with van der Waals surface area (Å²) in [6.45, 7) is 8.20. The summed E-state index contributed by atoms with van der Waals surface area (Å²) in [6, 6.07) is 0.673. The van der Waals surface area contributed by atoms with E-state index >= 15 is 0 Å². The highest BCUT2D eigenvalue weighted by atomic mass is 32.2. The van der Waals surface area contributed by atoms with Crippen molar-refractivity contribution in [2.45, 2.75) is 26.3 Å². The molecule has 1 saturated heterocycles. The van der Waals surface area contributed by atoms with Crippen molar-refractivity contribution in [1.29, 1.82) is 0 Å². The maximum absolute atomic E-state index is 10.9. The van der Waals surface area contributed by atoms with Crippen LogP contribution in [0.4, 0.5) is 0 Å². The highest BCUT2D eigenvalue weighted by molar-refractivity contribution is 7.90. The molecule has 0 bridgehead atoms. The second-order valence-corrected chi connectivity index (χ2v) is 7.32. The van der Waals surface area contributed by atoms with E-state index in [0.29, 0.717) is 12.6 Å². The summed E-state index contributed by atoms with van der Waals surface area (Å²) in [5, 5.41) is 3.18. The molecule has 2 unspecified atom stereocenters. The van der Waals surface area contributed by atoms with Gasteiger partial charge in [-0.3, -0.25) is 4.90 Å². The molecule has 1 N–H and O–H groups in total. The Labute approximate surface area is 99.3 Å². The second-order valence-electron chi connectivity index (χ2n) is 5.06. The highest BCUT2D eigenvalue weighted by Gasteiger charge is 2.24. The van der Waals surface area contributed by atoms with E-state index in [9.17, 15) is 8.42 Å². The lowest BCUT2D eigenvalue weighted by atomic mass is 10.1. The van der Waals surface area contributed by atoms with E-state index in [2.05, 4.69) is 24.1 Å². The van der Waals surface area contributed by atoms with Crippen molar-refractivity contribution < 1.29 is 8.42 Å². The lowest BCUT2D eigenvalue weighted by Gasteiger charge is -2.20. The Morgan fingerprint density at radius 1 is 1.31 bits per heavy atom. The topological polar surface area (TPSA) is 49.4 Å². The lowest BCUT2D eigenvalue weighted by molar-refractivity contribution is 0.265. The molecule has 1 heterocycles. The lowest BCUT2D eigenvalue weighted by Crippen LogP contribution is -2.35. The molecule has 16 heavy (non-hydrogen) atoms. The van der Waals surface area contributed by atoms with Crippen molar-refractivity contribution in [3.05, 3.63) is 0 Å². The first-order chi connectivity index (χ1) is 7.38. The zero-order valence-electron chi connectivity index (χ0n) is 10.6. The smallest absolute Gasteiger partial charge is 0.148 e. The van der Waals surface area contributed by atoms with Crippen molar-refractivity contribution in [2.24, 2.45) is 5.92 Å². The Kier molecular flexibility index (Phi) is 5.21. The fourth-order valence-electron chi connectivity index (χ4n) is 2.30. The molecule has 1 aliphatic heterocycles. The van der Waals surface area contributed by atoms with Crippen molar-refractivity contribution in [3.8, 4) is 0 Å². The molecule has 0 spiro atoms. The molecule has 0 aromatic heterocycles. The maximum Gasteiger partial charge on any atom is 0.148 e. The zero-order chi connectivity index (χ0) is 12.2. The quantitative estimate of drug-likeness (QED) is 0.689. The van der Waals surface area contributed by atoms with E-state index < -0.39 is 9.84 Å². The van der Waals surface area contributed by atoms with Crippen LogP contribution in [0.1, 0.15) is 20.3 Å². The number of rotatable bonds is 6. The van der Waals surface area contributed by atoms with E-state index in [0.717, 1.165) is 19.0 Å². The molecular formula is C11H24N2O2S. The predicted molar refractivity (Wildman–Crippen MR) is 67.4 cm³/mol. The molecule has 96 valence electrons. The Bertz CT molecular complexity index is 303. The SMILES string of the molecule is CC1CC(C)N(CCNCCS(C)(=O)=O)C1. The first-order valence-electron chi connectivity index (χ1n) is 6.01. The third-order valence-electron chi connectivity index (χ3n) is 3.14. The molecule has 0 radical (unpaired) electrons. The van der Waals surface area contributed by atoms with Gasteiger partial charge in [0, 0.05) is 38.5 Å². The first kappa shape index (κ1) is 13.9. The summed E-state index contributed by atoms with van der Waals surface area (Å²) in [4.78, 5) is 2.47. The van der Waals surface area contributed by atoms with Crippen LogP contribution in [0.15, 0.2) is 0 Å². The fourth-order valence-corrected chi connectivity index (χ4v) is 2.82. The molecule has 1 aliphatic rings. The largest absolute Gasteiger partial charge is 0.314 e. The molecule has 0 aliphatic carbocycles. The van der Waals surface area contributed by atoms with Gasteiger partial charge in [-0.15, -0.1) is 0 Å². The van der Waals surface area contributed by atoms with Crippen LogP contribution in [0.5, 0.6) is 0 Å². The Balaban J connectivity index is 2.08. The molecule has 0 saturated carbocycles. The average Bonchev–Trinajstić information content (AvgIpc) is 2.42. The van der Waals surface area contributed by atoms with E-state index in [-0.39, 0.29) is 5.75 Å². The first-order valence-corrected chi connectivity index (χ1v) is 8.07. The van der Waals surface area contributed by atoms with Crippen LogP contribution in [-0.2, 0) is 9.84 Å². The Hall–Kier alpha value is -0.130. The third-order valence-corrected chi connectivity index (χ3v) is 4.08. The molecule has 5 heteroatoms. The number of nitrogens with zero attached hydrogens (tertiary/aromatic N) is 1. The van der Waals surface area contributed by atoms with Gasteiger partial charge in [-0.2, -0.15) is 0 Å². The van der Waals surface area contributed by atoms with Crippen molar-refractivity contribution in [2.75, 3.05) is 38.2 Å². The molecule has 2 atom stereocenters. The molecule has 1 fully saturated rings. The fraction of sp³-hybridized carbons (Fsp3) is 1.00. The van der Waals surface area contributed by atoms with Crippen LogP contribution >= 0.6 is 0 Å². The van der Waals surface area contributed by atoms with Crippen molar-refractivity contribution >= 4 is 9.84 Å². The van der Waals surface area contributed by atoms with Crippen LogP contribution in [0.3, 0.4) is 0 Å². The van der Waals surface area contributed by atoms with Gasteiger partial charge in [-0.05, 0) is 19.3 Å². The summed E-state index contributed by atoms with van der Waals surface area (Å²) >= 11 is 0. The molecular weight excluding hydrogens is 224 g/mol. The summed E-state index contributed by atoms with van der Waals surface area (Å²) in [7, 11) is -2.82. The molecule has 0 amide bonds. The Morgan fingerprint density at radius 2 is 2.00 bits per heavy atom. The van der Waals surface area contributed by atoms with Crippen LogP contribution in [-0.4, -0.2) is 57.5 Å². The molecule has 0 aromatic carbocycles. The Morgan fingerprint density at radius 3 is 2.50 bits per heavy atom. The number of hydrogen-bond acceptors (Lipinski definition) is 4. The molecule has 0 aromatic rings.